The first-order valence-electron chi connectivity index (χ1n) is 6.34. The Balaban J connectivity index is 2.12. The summed E-state index contributed by atoms with van der Waals surface area (Å²) >= 11 is 5.91. The number of halogens is 1. The molecule has 3 atom stereocenters. The van der Waals surface area contributed by atoms with Gasteiger partial charge in [-0.15, -0.1) is 0 Å². The summed E-state index contributed by atoms with van der Waals surface area (Å²) in [7, 11) is 0. The summed E-state index contributed by atoms with van der Waals surface area (Å²) in [5.74, 6) is 0. The average molecular weight is 254 g/mol. The summed E-state index contributed by atoms with van der Waals surface area (Å²) in [6.45, 7) is 5.23. The Morgan fingerprint density at radius 2 is 2.06 bits per heavy atom. The minimum atomic E-state index is 0.129. The Labute approximate surface area is 108 Å². The lowest BCUT2D eigenvalue weighted by atomic mass is 10.0. The number of nitrogens with one attached hydrogen (secondary N) is 1. The quantitative estimate of drug-likeness (QED) is 0.870. The number of ether oxygens (including phenoxy) is 1. The van der Waals surface area contributed by atoms with Gasteiger partial charge in [-0.2, -0.15) is 0 Å². The molecule has 94 valence electrons. The first-order valence-corrected chi connectivity index (χ1v) is 6.71. The predicted octanol–water partition coefficient (Wildman–Crippen LogP) is 3.56. The molecule has 2 nitrogen and oxygen atoms in total. The van der Waals surface area contributed by atoms with Crippen LogP contribution >= 0.6 is 11.6 Å². The lowest BCUT2D eigenvalue weighted by Gasteiger charge is -2.24. The number of benzene rings is 1. The molecule has 1 aliphatic heterocycles. The first kappa shape index (κ1) is 12.9. The van der Waals surface area contributed by atoms with E-state index in [1.165, 1.54) is 5.56 Å². The third-order valence-corrected chi connectivity index (χ3v) is 3.66. The van der Waals surface area contributed by atoms with E-state index in [-0.39, 0.29) is 6.10 Å². The van der Waals surface area contributed by atoms with Crippen LogP contribution < -0.4 is 5.32 Å². The van der Waals surface area contributed by atoms with Crippen LogP contribution in [0.15, 0.2) is 24.3 Å². The molecule has 1 saturated heterocycles. The zero-order chi connectivity index (χ0) is 12.3. The Morgan fingerprint density at radius 3 is 2.71 bits per heavy atom. The lowest BCUT2D eigenvalue weighted by molar-refractivity contribution is 0.0461. The zero-order valence-corrected chi connectivity index (χ0v) is 11.2. The van der Waals surface area contributed by atoms with E-state index in [4.69, 9.17) is 16.3 Å². The second-order valence-electron chi connectivity index (χ2n) is 4.69. The topological polar surface area (TPSA) is 21.3 Å². The van der Waals surface area contributed by atoms with E-state index in [2.05, 4.69) is 31.3 Å². The van der Waals surface area contributed by atoms with E-state index in [1.807, 2.05) is 12.1 Å². The van der Waals surface area contributed by atoms with Crippen LogP contribution in [0, 0.1) is 0 Å². The molecule has 0 aliphatic carbocycles. The van der Waals surface area contributed by atoms with Crippen LogP contribution in [0.2, 0.25) is 5.02 Å². The average Bonchev–Trinajstić information content (AvgIpc) is 2.52. The normalized spacial score (nSPS) is 29.9. The van der Waals surface area contributed by atoms with Crippen LogP contribution in [-0.4, -0.2) is 18.7 Å². The second-order valence-corrected chi connectivity index (χ2v) is 5.13. The van der Waals surface area contributed by atoms with Gasteiger partial charge in [-0.05, 0) is 37.5 Å². The Morgan fingerprint density at radius 1 is 1.35 bits per heavy atom. The monoisotopic (exact) mass is 253 g/mol. The van der Waals surface area contributed by atoms with Crippen molar-refractivity contribution in [1.29, 1.82) is 0 Å². The van der Waals surface area contributed by atoms with E-state index in [9.17, 15) is 0 Å². The standard InChI is InChI=1S/C14H20ClNO/c1-3-13-8-9-17-14(10(2)16-13)11-4-6-12(15)7-5-11/h4-7,10,13-14,16H,3,8-9H2,1-2H3. The van der Waals surface area contributed by atoms with Crippen molar-refractivity contribution in [3.8, 4) is 0 Å². The van der Waals surface area contributed by atoms with Gasteiger partial charge in [-0.3, -0.25) is 0 Å². The largest absolute Gasteiger partial charge is 0.372 e. The predicted molar refractivity (Wildman–Crippen MR) is 71.4 cm³/mol. The van der Waals surface area contributed by atoms with Crippen molar-refractivity contribution >= 4 is 11.6 Å². The van der Waals surface area contributed by atoms with Gasteiger partial charge in [0, 0.05) is 23.7 Å². The highest BCUT2D eigenvalue weighted by Crippen LogP contribution is 2.26. The highest BCUT2D eigenvalue weighted by atomic mass is 35.5. The Kier molecular flexibility index (Phi) is 4.43. The van der Waals surface area contributed by atoms with Gasteiger partial charge in [0.2, 0.25) is 0 Å². The second kappa shape index (κ2) is 5.85. The van der Waals surface area contributed by atoms with Gasteiger partial charge in [0.25, 0.3) is 0 Å². The molecule has 1 aromatic carbocycles. The van der Waals surface area contributed by atoms with Gasteiger partial charge in [0.05, 0.1) is 6.10 Å². The number of hydrogen-bond acceptors (Lipinski definition) is 2. The van der Waals surface area contributed by atoms with Crippen LogP contribution in [0.5, 0.6) is 0 Å². The van der Waals surface area contributed by atoms with Crippen LogP contribution in [0.3, 0.4) is 0 Å². The van der Waals surface area contributed by atoms with Crippen molar-refractivity contribution < 1.29 is 4.74 Å². The summed E-state index contributed by atoms with van der Waals surface area (Å²) in [5, 5.41) is 4.41. The van der Waals surface area contributed by atoms with E-state index in [0.717, 1.165) is 24.5 Å². The molecule has 0 saturated carbocycles. The van der Waals surface area contributed by atoms with Crippen molar-refractivity contribution in [2.75, 3.05) is 6.61 Å². The Hall–Kier alpha value is -0.570. The van der Waals surface area contributed by atoms with Crippen molar-refractivity contribution in [2.45, 2.75) is 44.9 Å². The minimum Gasteiger partial charge on any atom is -0.372 e. The summed E-state index contributed by atoms with van der Waals surface area (Å²) in [5.41, 5.74) is 1.20. The fraction of sp³-hybridized carbons (Fsp3) is 0.571. The molecule has 0 aromatic heterocycles. The SMILES string of the molecule is CCC1CCOC(c2ccc(Cl)cc2)C(C)N1. The van der Waals surface area contributed by atoms with E-state index < -0.39 is 0 Å². The Bertz CT molecular complexity index is 352. The molecule has 0 spiro atoms. The molecule has 3 heteroatoms. The van der Waals surface area contributed by atoms with Crippen LogP contribution in [0.25, 0.3) is 0 Å². The molecule has 0 amide bonds. The van der Waals surface area contributed by atoms with Crippen molar-refractivity contribution in [3.63, 3.8) is 0 Å². The maximum absolute atomic E-state index is 5.97. The van der Waals surface area contributed by atoms with Crippen LogP contribution in [0.1, 0.15) is 38.4 Å². The van der Waals surface area contributed by atoms with Gasteiger partial charge in [-0.25, -0.2) is 0 Å². The summed E-state index contributed by atoms with van der Waals surface area (Å²) in [4.78, 5) is 0. The summed E-state index contributed by atoms with van der Waals surface area (Å²) < 4.78 is 5.97. The molecule has 1 aliphatic rings. The fourth-order valence-corrected chi connectivity index (χ4v) is 2.51. The van der Waals surface area contributed by atoms with Crippen LogP contribution in [-0.2, 0) is 4.74 Å². The number of hydrogen-bond donors (Lipinski definition) is 1. The molecule has 1 heterocycles. The maximum Gasteiger partial charge on any atom is 0.0975 e. The highest BCUT2D eigenvalue weighted by molar-refractivity contribution is 6.30. The molecule has 1 N–H and O–H groups in total. The third-order valence-electron chi connectivity index (χ3n) is 3.41. The smallest absolute Gasteiger partial charge is 0.0975 e. The highest BCUT2D eigenvalue weighted by Gasteiger charge is 2.25. The van der Waals surface area contributed by atoms with Gasteiger partial charge in [0.1, 0.15) is 0 Å². The maximum atomic E-state index is 5.97. The van der Waals surface area contributed by atoms with Crippen molar-refractivity contribution in [2.24, 2.45) is 0 Å². The van der Waals surface area contributed by atoms with Gasteiger partial charge in [0.15, 0.2) is 0 Å². The summed E-state index contributed by atoms with van der Waals surface area (Å²) in [6, 6.07) is 8.87. The fourth-order valence-electron chi connectivity index (χ4n) is 2.38. The van der Waals surface area contributed by atoms with Crippen LogP contribution in [0.4, 0.5) is 0 Å². The molecule has 2 rings (SSSR count). The van der Waals surface area contributed by atoms with Gasteiger partial charge in [-0.1, -0.05) is 30.7 Å². The van der Waals surface area contributed by atoms with Crippen molar-refractivity contribution in [3.05, 3.63) is 34.9 Å². The molecule has 1 fully saturated rings. The number of rotatable bonds is 2. The van der Waals surface area contributed by atoms with Gasteiger partial charge < -0.3 is 10.1 Å². The summed E-state index contributed by atoms with van der Waals surface area (Å²) in [6.07, 6.45) is 2.37. The zero-order valence-electron chi connectivity index (χ0n) is 10.4. The third kappa shape index (κ3) is 3.21. The first-order chi connectivity index (χ1) is 8.20. The van der Waals surface area contributed by atoms with Gasteiger partial charge >= 0.3 is 0 Å². The minimum absolute atomic E-state index is 0.129. The molecule has 0 radical (unpaired) electrons. The molecule has 1 aromatic rings. The van der Waals surface area contributed by atoms with E-state index >= 15 is 0 Å². The van der Waals surface area contributed by atoms with E-state index in [0.29, 0.717) is 12.1 Å². The molecular weight excluding hydrogens is 234 g/mol. The molecular formula is C14H20ClNO. The molecule has 17 heavy (non-hydrogen) atoms. The van der Waals surface area contributed by atoms with E-state index in [1.54, 1.807) is 0 Å². The molecule has 3 unspecified atom stereocenters. The van der Waals surface area contributed by atoms with Crippen molar-refractivity contribution in [1.82, 2.24) is 5.32 Å². The molecule has 0 bridgehead atoms. The lowest BCUT2D eigenvalue weighted by Crippen LogP contribution is -2.37.